The van der Waals surface area contributed by atoms with Crippen LogP contribution in [-0.4, -0.2) is 43.5 Å². The van der Waals surface area contributed by atoms with Gasteiger partial charge in [-0.05, 0) is 56.9 Å². The lowest BCUT2D eigenvalue weighted by Crippen LogP contribution is -2.39. The minimum Gasteiger partial charge on any atom is -0.381 e. The highest BCUT2D eigenvalue weighted by molar-refractivity contribution is 5.99. The van der Waals surface area contributed by atoms with Gasteiger partial charge in [0.2, 0.25) is 0 Å². The Bertz CT molecular complexity index is 521. The molecule has 0 saturated carbocycles. The number of anilines is 1. The van der Waals surface area contributed by atoms with Crippen LogP contribution in [0.5, 0.6) is 0 Å². The van der Waals surface area contributed by atoms with Crippen LogP contribution in [0.1, 0.15) is 43.0 Å². The summed E-state index contributed by atoms with van der Waals surface area (Å²) in [7, 11) is 0. The molecular weight excluding hydrogens is 298 g/mol. The molecule has 0 radical (unpaired) electrons. The van der Waals surface area contributed by atoms with Crippen LogP contribution in [0.2, 0.25) is 0 Å². The molecule has 1 aliphatic rings. The summed E-state index contributed by atoms with van der Waals surface area (Å²) in [5, 5.41) is 6.34. The van der Waals surface area contributed by atoms with Crippen molar-refractivity contribution in [2.45, 2.75) is 32.6 Å². The molecule has 4 nitrogen and oxygen atoms in total. The van der Waals surface area contributed by atoms with Crippen molar-refractivity contribution in [1.82, 2.24) is 10.2 Å². The molecule has 0 bridgehead atoms. The number of benzene rings is 1. The fourth-order valence-corrected chi connectivity index (χ4v) is 3.15. The van der Waals surface area contributed by atoms with Crippen LogP contribution in [0.25, 0.3) is 0 Å². The van der Waals surface area contributed by atoms with Crippen LogP contribution in [-0.2, 0) is 0 Å². The van der Waals surface area contributed by atoms with Crippen LogP contribution >= 0.6 is 0 Å². The number of hydrogen-bond acceptors (Lipinski definition) is 3. The van der Waals surface area contributed by atoms with Crippen LogP contribution in [0, 0.1) is 5.92 Å². The van der Waals surface area contributed by atoms with Gasteiger partial charge in [-0.2, -0.15) is 0 Å². The predicted octanol–water partition coefficient (Wildman–Crippen LogP) is 3.53. The second kappa shape index (κ2) is 10.1. The van der Waals surface area contributed by atoms with E-state index in [0.717, 1.165) is 25.3 Å². The Hall–Kier alpha value is -1.81. The van der Waals surface area contributed by atoms with Gasteiger partial charge in [-0.15, -0.1) is 6.58 Å². The van der Waals surface area contributed by atoms with Crippen molar-refractivity contribution < 1.29 is 4.79 Å². The maximum absolute atomic E-state index is 12.5. The van der Waals surface area contributed by atoms with E-state index >= 15 is 0 Å². The molecule has 1 aromatic rings. The van der Waals surface area contributed by atoms with E-state index in [2.05, 4.69) is 29.0 Å². The average molecular weight is 329 g/mol. The number of carbonyl (C=O) groups excluding carboxylic acids is 1. The summed E-state index contributed by atoms with van der Waals surface area (Å²) in [5.74, 6) is 0.607. The van der Waals surface area contributed by atoms with Gasteiger partial charge in [-0.3, -0.25) is 4.79 Å². The number of amides is 1. The highest BCUT2D eigenvalue weighted by Gasteiger charge is 2.20. The van der Waals surface area contributed by atoms with E-state index in [0.29, 0.717) is 18.0 Å². The molecule has 1 saturated heterocycles. The molecular formula is C20H31N3O. The van der Waals surface area contributed by atoms with E-state index in [9.17, 15) is 4.79 Å². The van der Waals surface area contributed by atoms with Crippen molar-refractivity contribution in [2.75, 3.05) is 38.0 Å². The fourth-order valence-electron chi connectivity index (χ4n) is 3.15. The first-order chi connectivity index (χ1) is 11.7. The van der Waals surface area contributed by atoms with Gasteiger partial charge in [0.1, 0.15) is 0 Å². The Morgan fingerprint density at radius 2 is 2.08 bits per heavy atom. The molecule has 2 rings (SSSR count). The highest BCUT2D eigenvalue weighted by Crippen LogP contribution is 2.18. The summed E-state index contributed by atoms with van der Waals surface area (Å²) in [6.45, 7) is 10.9. The lowest BCUT2D eigenvalue weighted by atomic mass is 9.96. The first kappa shape index (κ1) is 18.5. The molecule has 1 heterocycles. The van der Waals surface area contributed by atoms with Crippen LogP contribution in [0.15, 0.2) is 36.9 Å². The Labute approximate surface area is 146 Å². The number of para-hydroxylation sites is 1. The molecule has 1 amide bonds. The fraction of sp³-hybridized carbons (Fsp3) is 0.550. The summed E-state index contributed by atoms with van der Waals surface area (Å²) >= 11 is 0. The summed E-state index contributed by atoms with van der Waals surface area (Å²) in [6.07, 6.45) is 6.70. The van der Waals surface area contributed by atoms with Crippen molar-refractivity contribution >= 4 is 11.6 Å². The average Bonchev–Trinajstić information content (AvgIpc) is 2.63. The molecule has 1 aromatic carbocycles. The quantitative estimate of drug-likeness (QED) is 0.681. The third-order valence-electron chi connectivity index (χ3n) is 4.69. The van der Waals surface area contributed by atoms with Crippen molar-refractivity contribution in [1.29, 1.82) is 0 Å². The molecule has 1 fully saturated rings. The maximum atomic E-state index is 12.5. The Balaban J connectivity index is 1.79. The van der Waals surface area contributed by atoms with Crippen LogP contribution in [0.4, 0.5) is 5.69 Å². The molecule has 0 aromatic heterocycles. The van der Waals surface area contributed by atoms with Crippen LogP contribution < -0.4 is 10.6 Å². The smallest absolute Gasteiger partial charge is 0.253 e. The molecule has 0 aliphatic carbocycles. The summed E-state index contributed by atoms with van der Waals surface area (Å²) in [5.41, 5.74) is 1.57. The standard InChI is InChI=1S/C20H31N3O/c1-3-5-13-23-14-10-17(11-15-23)16-22-20(24)18-8-6-7-9-19(18)21-12-4-2/h4,6-9,17,21H,2-3,5,10-16H2,1H3,(H,22,24). The SMILES string of the molecule is C=CCNc1ccccc1C(=O)NCC1CCN(CCCC)CC1. The minimum absolute atomic E-state index is 0.00979. The van der Waals surface area contributed by atoms with E-state index < -0.39 is 0 Å². The van der Waals surface area contributed by atoms with E-state index in [-0.39, 0.29) is 5.91 Å². The van der Waals surface area contributed by atoms with E-state index in [1.165, 1.54) is 32.2 Å². The van der Waals surface area contributed by atoms with Gasteiger partial charge in [-0.25, -0.2) is 0 Å². The second-order valence-corrected chi connectivity index (χ2v) is 6.56. The van der Waals surface area contributed by atoms with E-state index in [1.54, 1.807) is 6.08 Å². The number of hydrogen-bond donors (Lipinski definition) is 2. The molecule has 0 atom stereocenters. The summed E-state index contributed by atoms with van der Waals surface area (Å²) in [4.78, 5) is 15.0. The van der Waals surface area contributed by atoms with Crippen molar-refractivity contribution in [3.63, 3.8) is 0 Å². The number of piperidine rings is 1. The van der Waals surface area contributed by atoms with Gasteiger partial charge in [0.05, 0.1) is 5.56 Å². The van der Waals surface area contributed by atoms with Gasteiger partial charge in [0.25, 0.3) is 5.91 Å². The molecule has 24 heavy (non-hydrogen) atoms. The minimum atomic E-state index is 0.00979. The van der Waals surface area contributed by atoms with Gasteiger partial charge in [0, 0.05) is 18.8 Å². The topological polar surface area (TPSA) is 44.4 Å². The largest absolute Gasteiger partial charge is 0.381 e. The van der Waals surface area contributed by atoms with Crippen LogP contribution in [0.3, 0.4) is 0 Å². The number of nitrogens with zero attached hydrogens (tertiary/aromatic N) is 1. The number of likely N-dealkylation sites (tertiary alicyclic amines) is 1. The lowest BCUT2D eigenvalue weighted by Gasteiger charge is -2.32. The third kappa shape index (κ3) is 5.68. The predicted molar refractivity (Wildman–Crippen MR) is 102 cm³/mol. The van der Waals surface area contributed by atoms with Crippen molar-refractivity contribution in [2.24, 2.45) is 5.92 Å². The van der Waals surface area contributed by atoms with Gasteiger partial charge < -0.3 is 15.5 Å². The number of carbonyl (C=O) groups is 1. The lowest BCUT2D eigenvalue weighted by molar-refractivity contribution is 0.0936. The van der Waals surface area contributed by atoms with Gasteiger partial charge >= 0.3 is 0 Å². The van der Waals surface area contributed by atoms with Crippen molar-refractivity contribution in [3.05, 3.63) is 42.5 Å². The van der Waals surface area contributed by atoms with Gasteiger partial charge in [0.15, 0.2) is 0 Å². The first-order valence-electron chi connectivity index (χ1n) is 9.19. The Kier molecular flexibility index (Phi) is 7.83. The first-order valence-corrected chi connectivity index (χ1v) is 9.19. The molecule has 4 heteroatoms. The molecule has 2 N–H and O–H groups in total. The highest BCUT2D eigenvalue weighted by atomic mass is 16.1. The molecule has 1 aliphatic heterocycles. The van der Waals surface area contributed by atoms with E-state index in [1.807, 2.05) is 24.3 Å². The zero-order valence-electron chi connectivity index (χ0n) is 14.9. The van der Waals surface area contributed by atoms with E-state index in [4.69, 9.17) is 0 Å². The zero-order valence-corrected chi connectivity index (χ0v) is 14.9. The zero-order chi connectivity index (χ0) is 17.2. The normalized spacial score (nSPS) is 15.9. The molecule has 0 spiro atoms. The summed E-state index contributed by atoms with van der Waals surface area (Å²) in [6, 6.07) is 7.65. The second-order valence-electron chi connectivity index (χ2n) is 6.56. The third-order valence-corrected chi connectivity index (χ3v) is 4.69. The Morgan fingerprint density at radius 3 is 2.79 bits per heavy atom. The summed E-state index contributed by atoms with van der Waals surface area (Å²) < 4.78 is 0. The Morgan fingerprint density at radius 1 is 1.33 bits per heavy atom. The van der Waals surface area contributed by atoms with Gasteiger partial charge in [-0.1, -0.05) is 31.6 Å². The number of nitrogens with one attached hydrogen (secondary N) is 2. The molecule has 0 unspecified atom stereocenters. The van der Waals surface area contributed by atoms with Crippen molar-refractivity contribution in [3.8, 4) is 0 Å². The monoisotopic (exact) mass is 329 g/mol. The number of rotatable bonds is 9. The number of unbranched alkanes of at least 4 members (excludes halogenated alkanes) is 1. The molecule has 132 valence electrons. The maximum Gasteiger partial charge on any atom is 0.253 e.